The van der Waals surface area contributed by atoms with Gasteiger partial charge >= 0.3 is 0 Å². The molecule has 14 heavy (non-hydrogen) atoms. The third kappa shape index (κ3) is 3.47. The lowest BCUT2D eigenvalue weighted by Crippen LogP contribution is -2.28. The Balaban J connectivity index is 2.13. The highest BCUT2D eigenvalue weighted by Crippen LogP contribution is 1.93. The standard InChI is InChI=1S/C10H19N3O/c1-9(14-3)8-11-4-6-13-7-5-12-10(13)2/h5,7,9,11H,4,6,8H2,1-3H3. The summed E-state index contributed by atoms with van der Waals surface area (Å²) in [5.41, 5.74) is 0. The summed E-state index contributed by atoms with van der Waals surface area (Å²) in [6.45, 7) is 6.87. The van der Waals surface area contributed by atoms with E-state index in [1.165, 1.54) is 0 Å². The lowest BCUT2D eigenvalue weighted by molar-refractivity contribution is 0.117. The molecule has 4 heteroatoms. The molecule has 1 aromatic heterocycles. The summed E-state index contributed by atoms with van der Waals surface area (Å²) >= 11 is 0. The zero-order valence-electron chi connectivity index (χ0n) is 9.16. The van der Waals surface area contributed by atoms with Crippen molar-refractivity contribution >= 4 is 0 Å². The first-order valence-electron chi connectivity index (χ1n) is 4.95. The molecule has 1 heterocycles. The van der Waals surface area contributed by atoms with Crippen molar-refractivity contribution in [3.8, 4) is 0 Å². The largest absolute Gasteiger partial charge is 0.380 e. The fourth-order valence-electron chi connectivity index (χ4n) is 1.23. The molecule has 4 nitrogen and oxygen atoms in total. The van der Waals surface area contributed by atoms with E-state index in [1.807, 2.05) is 19.3 Å². The number of imidazole rings is 1. The monoisotopic (exact) mass is 197 g/mol. The Morgan fingerprint density at radius 3 is 3.00 bits per heavy atom. The van der Waals surface area contributed by atoms with Crippen LogP contribution in [0.2, 0.25) is 0 Å². The van der Waals surface area contributed by atoms with Crippen molar-refractivity contribution in [2.24, 2.45) is 0 Å². The summed E-state index contributed by atoms with van der Waals surface area (Å²) in [6.07, 6.45) is 4.10. The second kappa shape index (κ2) is 5.78. The van der Waals surface area contributed by atoms with Gasteiger partial charge < -0.3 is 14.6 Å². The van der Waals surface area contributed by atoms with E-state index >= 15 is 0 Å². The Morgan fingerprint density at radius 1 is 1.64 bits per heavy atom. The Hall–Kier alpha value is -0.870. The van der Waals surface area contributed by atoms with Gasteiger partial charge in [0.15, 0.2) is 0 Å². The van der Waals surface area contributed by atoms with Crippen LogP contribution < -0.4 is 5.32 Å². The molecule has 1 atom stereocenters. The first-order valence-corrected chi connectivity index (χ1v) is 4.95. The second-order valence-electron chi connectivity index (χ2n) is 3.42. The lowest BCUT2D eigenvalue weighted by Gasteiger charge is -2.11. The second-order valence-corrected chi connectivity index (χ2v) is 3.42. The molecule has 1 N–H and O–H groups in total. The predicted octanol–water partition coefficient (Wildman–Crippen LogP) is 0.816. The Bertz CT molecular complexity index is 260. The topological polar surface area (TPSA) is 39.1 Å². The molecule has 0 aliphatic carbocycles. The van der Waals surface area contributed by atoms with E-state index < -0.39 is 0 Å². The number of rotatable bonds is 6. The molecule has 0 amide bonds. The molecule has 0 spiro atoms. The molecule has 1 rings (SSSR count). The first-order chi connectivity index (χ1) is 6.74. The number of ether oxygens (including phenoxy) is 1. The molecule has 0 aromatic carbocycles. The van der Waals surface area contributed by atoms with Crippen molar-refractivity contribution in [3.63, 3.8) is 0 Å². The molecule has 0 saturated carbocycles. The number of hydrogen-bond donors (Lipinski definition) is 1. The van der Waals surface area contributed by atoms with Crippen LogP contribution in [0.25, 0.3) is 0 Å². The van der Waals surface area contributed by atoms with E-state index in [9.17, 15) is 0 Å². The highest BCUT2D eigenvalue weighted by molar-refractivity contribution is 4.88. The van der Waals surface area contributed by atoms with Crippen LogP contribution in [-0.2, 0) is 11.3 Å². The Kier molecular flexibility index (Phi) is 4.62. The fourth-order valence-corrected chi connectivity index (χ4v) is 1.23. The van der Waals surface area contributed by atoms with Crippen LogP contribution in [0.3, 0.4) is 0 Å². The molecule has 1 aromatic rings. The highest BCUT2D eigenvalue weighted by Gasteiger charge is 1.98. The van der Waals surface area contributed by atoms with Crippen LogP contribution in [0, 0.1) is 6.92 Å². The quantitative estimate of drug-likeness (QED) is 0.686. The maximum Gasteiger partial charge on any atom is 0.105 e. The normalized spacial score (nSPS) is 13.1. The van der Waals surface area contributed by atoms with Crippen molar-refractivity contribution in [2.45, 2.75) is 26.5 Å². The SMILES string of the molecule is COC(C)CNCCn1ccnc1C. The van der Waals surface area contributed by atoms with Gasteiger partial charge in [-0.05, 0) is 13.8 Å². The van der Waals surface area contributed by atoms with Crippen LogP contribution in [0.4, 0.5) is 0 Å². The summed E-state index contributed by atoms with van der Waals surface area (Å²) in [7, 11) is 1.73. The van der Waals surface area contributed by atoms with E-state index in [0.29, 0.717) is 0 Å². The van der Waals surface area contributed by atoms with Crippen LogP contribution in [-0.4, -0.2) is 35.9 Å². The van der Waals surface area contributed by atoms with Gasteiger partial charge in [-0.3, -0.25) is 0 Å². The lowest BCUT2D eigenvalue weighted by atomic mass is 10.4. The minimum Gasteiger partial charge on any atom is -0.380 e. The Morgan fingerprint density at radius 2 is 2.43 bits per heavy atom. The molecule has 0 aliphatic heterocycles. The predicted molar refractivity (Wildman–Crippen MR) is 56.3 cm³/mol. The van der Waals surface area contributed by atoms with Gasteiger partial charge in [0.25, 0.3) is 0 Å². The van der Waals surface area contributed by atoms with Crippen LogP contribution in [0.1, 0.15) is 12.7 Å². The molecule has 0 saturated heterocycles. The van der Waals surface area contributed by atoms with Gasteiger partial charge in [-0.15, -0.1) is 0 Å². The van der Waals surface area contributed by atoms with Gasteiger partial charge in [-0.2, -0.15) is 0 Å². The first kappa shape index (κ1) is 11.2. The minimum atomic E-state index is 0.277. The zero-order chi connectivity index (χ0) is 10.4. The van der Waals surface area contributed by atoms with Crippen LogP contribution in [0.15, 0.2) is 12.4 Å². The van der Waals surface area contributed by atoms with E-state index in [2.05, 4.69) is 21.8 Å². The van der Waals surface area contributed by atoms with Gasteiger partial charge in [0.1, 0.15) is 5.82 Å². The van der Waals surface area contributed by atoms with Crippen LogP contribution >= 0.6 is 0 Å². The average Bonchev–Trinajstić information content (AvgIpc) is 2.58. The maximum atomic E-state index is 5.13. The zero-order valence-corrected chi connectivity index (χ0v) is 9.16. The fraction of sp³-hybridized carbons (Fsp3) is 0.700. The van der Waals surface area contributed by atoms with Gasteiger partial charge in [-0.1, -0.05) is 0 Å². The summed E-state index contributed by atoms with van der Waals surface area (Å²) < 4.78 is 7.26. The highest BCUT2D eigenvalue weighted by atomic mass is 16.5. The summed E-state index contributed by atoms with van der Waals surface area (Å²) in [5, 5.41) is 3.33. The third-order valence-corrected chi connectivity index (χ3v) is 2.29. The molecular weight excluding hydrogens is 178 g/mol. The smallest absolute Gasteiger partial charge is 0.105 e. The van der Waals surface area contributed by atoms with Crippen molar-refractivity contribution in [3.05, 3.63) is 18.2 Å². The minimum absolute atomic E-state index is 0.277. The van der Waals surface area contributed by atoms with Gasteiger partial charge in [-0.25, -0.2) is 4.98 Å². The van der Waals surface area contributed by atoms with Crippen molar-refractivity contribution in [2.75, 3.05) is 20.2 Å². The molecule has 0 aliphatic rings. The van der Waals surface area contributed by atoms with Gasteiger partial charge in [0.2, 0.25) is 0 Å². The third-order valence-electron chi connectivity index (χ3n) is 2.29. The number of nitrogens with one attached hydrogen (secondary N) is 1. The van der Waals surface area contributed by atoms with Crippen molar-refractivity contribution < 1.29 is 4.74 Å². The maximum absolute atomic E-state index is 5.13. The summed E-state index contributed by atoms with van der Waals surface area (Å²) in [4.78, 5) is 4.16. The van der Waals surface area contributed by atoms with E-state index in [0.717, 1.165) is 25.5 Å². The van der Waals surface area contributed by atoms with E-state index in [-0.39, 0.29) is 6.10 Å². The molecule has 1 unspecified atom stereocenters. The molecular formula is C10H19N3O. The van der Waals surface area contributed by atoms with Crippen molar-refractivity contribution in [1.82, 2.24) is 14.9 Å². The van der Waals surface area contributed by atoms with Gasteiger partial charge in [0.05, 0.1) is 6.10 Å². The summed E-state index contributed by atoms with van der Waals surface area (Å²) in [5.74, 6) is 1.06. The number of hydrogen-bond acceptors (Lipinski definition) is 3. The average molecular weight is 197 g/mol. The molecule has 0 fully saturated rings. The Labute approximate surface area is 85.3 Å². The molecule has 80 valence electrons. The number of methoxy groups -OCH3 is 1. The summed E-state index contributed by atoms with van der Waals surface area (Å²) in [6, 6.07) is 0. The number of aryl methyl sites for hydroxylation is 1. The van der Waals surface area contributed by atoms with E-state index in [1.54, 1.807) is 7.11 Å². The van der Waals surface area contributed by atoms with Gasteiger partial charge in [0, 0.05) is 39.1 Å². The molecule has 0 bridgehead atoms. The van der Waals surface area contributed by atoms with Crippen LogP contribution in [0.5, 0.6) is 0 Å². The number of aromatic nitrogens is 2. The van der Waals surface area contributed by atoms with E-state index in [4.69, 9.17) is 4.74 Å². The van der Waals surface area contributed by atoms with Crippen molar-refractivity contribution in [1.29, 1.82) is 0 Å². The molecule has 0 radical (unpaired) electrons. The number of nitrogens with zero attached hydrogens (tertiary/aromatic N) is 2.